The van der Waals surface area contributed by atoms with Gasteiger partial charge in [-0.25, -0.2) is 0 Å². The standard InChI is InChI=1S/C12H14N2O2S2/c1-7-9(5-13)18-12(17-4)10(7)11(16)8(15)6-14(2)3/h6,15H,1-4H3. The van der Waals surface area contributed by atoms with Crippen LogP contribution in [0.5, 0.6) is 0 Å². The van der Waals surface area contributed by atoms with Crippen LogP contribution in [-0.4, -0.2) is 36.1 Å². The molecule has 0 saturated heterocycles. The van der Waals surface area contributed by atoms with Gasteiger partial charge in [0.1, 0.15) is 10.9 Å². The van der Waals surface area contributed by atoms with E-state index >= 15 is 0 Å². The van der Waals surface area contributed by atoms with Crippen LogP contribution in [0.4, 0.5) is 0 Å². The molecule has 1 aromatic rings. The average Bonchev–Trinajstić information content (AvgIpc) is 2.63. The maximum absolute atomic E-state index is 12.1. The lowest BCUT2D eigenvalue weighted by atomic mass is 10.1. The Hall–Kier alpha value is -1.45. The van der Waals surface area contributed by atoms with E-state index in [0.29, 0.717) is 16.0 Å². The molecular formula is C12H14N2O2S2. The summed E-state index contributed by atoms with van der Waals surface area (Å²) in [6.07, 6.45) is 3.20. The highest BCUT2D eigenvalue weighted by Crippen LogP contribution is 2.35. The number of allylic oxidation sites excluding steroid dienone is 1. The number of hydrogen-bond acceptors (Lipinski definition) is 6. The third kappa shape index (κ3) is 2.86. The quantitative estimate of drug-likeness (QED) is 0.398. The zero-order valence-electron chi connectivity index (χ0n) is 10.6. The molecular weight excluding hydrogens is 268 g/mol. The first-order valence-corrected chi connectivity index (χ1v) is 7.15. The Morgan fingerprint density at radius 2 is 2.17 bits per heavy atom. The lowest BCUT2D eigenvalue weighted by molar-refractivity contribution is 0.0971. The molecule has 0 aliphatic carbocycles. The minimum absolute atomic E-state index is 0.319. The van der Waals surface area contributed by atoms with Gasteiger partial charge in [0, 0.05) is 20.3 Å². The van der Waals surface area contributed by atoms with Crippen LogP contribution in [0, 0.1) is 18.3 Å². The van der Waals surface area contributed by atoms with Crippen molar-refractivity contribution in [3.8, 4) is 6.07 Å². The zero-order valence-corrected chi connectivity index (χ0v) is 12.3. The second-order valence-electron chi connectivity index (χ2n) is 3.84. The number of hydrogen-bond donors (Lipinski definition) is 1. The van der Waals surface area contributed by atoms with Crippen LogP contribution in [0.25, 0.3) is 0 Å². The molecule has 0 aliphatic rings. The third-order valence-electron chi connectivity index (χ3n) is 2.24. The molecule has 1 rings (SSSR count). The second-order valence-corrected chi connectivity index (χ2v) is 5.94. The van der Waals surface area contributed by atoms with Crippen LogP contribution in [-0.2, 0) is 0 Å². The summed E-state index contributed by atoms with van der Waals surface area (Å²) in [6.45, 7) is 1.73. The van der Waals surface area contributed by atoms with E-state index in [-0.39, 0.29) is 5.76 Å². The van der Waals surface area contributed by atoms with Crippen LogP contribution in [0.2, 0.25) is 0 Å². The molecule has 0 saturated carbocycles. The van der Waals surface area contributed by atoms with E-state index in [0.717, 1.165) is 4.21 Å². The number of aliphatic hydroxyl groups is 1. The molecule has 0 amide bonds. The van der Waals surface area contributed by atoms with Crippen LogP contribution in [0.3, 0.4) is 0 Å². The Kier molecular flexibility index (Phi) is 4.82. The summed E-state index contributed by atoms with van der Waals surface area (Å²) in [7, 11) is 3.44. The normalized spacial score (nSPS) is 11.2. The van der Waals surface area contributed by atoms with Crippen LogP contribution in [0.15, 0.2) is 16.2 Å². The Balaban J connectivity index is 3.29. The van der Waals surface area contributed by atoms with Gasteiger partial charge in [0.05, 0.1) is 9.77 Å². The fraction of sp³-hybridized carbons (Fsp3) is 0.333. The lowest BCUT2D eigenvalue weighted by Gasteiger charge is -2.07. The fourth-order valence-corrected chi connectivity index (χ4v) is 3.30. The summed E-state index contributed by atoms with van der Waals surface area (Å²) in [4.78, 5) is 14.3. The van der Waals surface area contributed by atoms with E-state index < -0.39 is 5.78 Å². The number of thioether (sulfide) groups is 1. The second kappa shape index (κ2) is 5.94. The van der Waals surface area contributed by atoms with Crippen molar-refractivity contribution < 1.29 is 9.90 Å². The van der Waals surface area contributed by atoms with Gasteiger partial charge in [0.2, 0.25) is 5.78 Å². The van der Waals surface area contributed by atoms with Gasteiger partial charge < -0.3 is 10.0 Å². The highest BCUT2D eigenvalue weighted by molar-refractivity contribution is 8.00. The molecule has 0 aromatic carbocycles. The number of thiophene rings is 1. The minimum Gasteiger partial charge on any atom is -0.503 e. The molecule has 18 heavy (non-hydrogen) atoms. The van der Waals surface area contributed by atoms with E-state index in [1.165, 1.54) is 29.3 Å². The summed E-state index contributed by atoms with van der Waals surface area (Å²) < 4.78 is 0.757. The fourth-order valence-electron chi connectivity index (χ4n) is 1.43. The van der Waals surface area contributed by atoms with Crippen LogP contribution in [0.1, 0.15) is 20.8 Å². The van der Waals surface area contributed by atoms with Crippen molar-refractivity contribution in [2.45, 2.75) is 11.1 Å². The van der Waals surface area contributed by atoms with E-state index in [2.05, 4.69) is 6.07 Å². The maximum Gasteiger partial charge on any atom is 0.231 e. The number of Topliss-reactive ketones (excluding diaryl/α,β-unsaturated/α-hetero) is 1. The number of rotatable bonds is 4. The summed E-state index contributed by atoms with van der Waals surface area (Å²) >= 11 is 2.68. The van der Waals surface area contributed by atoms with Gasteiger partial charge in [0.15, 0.2) is 5.76 Å². The molecule has 0 radical (unpaired) electrons. The monoisotopic (exact) mass is 282 g/mol. The summed E-state index contributed by atoms with van der Waals surface area (Å²) in [5, 5.41) is 18.7. The molecule has 0 spiro atoms. The maximum atomic E-state index is 12.1. The Bertz CT molecular complexity index is 539. The summed E-state index contributed by atoms with van der Waals surface area (Å²) in [6, 6.07) is 2.07. The first-order chi connectivity index (χ1) is 8.42. The molecule has 96 valence electrons. The molecule has 4 nitrogen and oxygen atoms in total. The topological polar surface area (TPSA) is 64.3 Å². The number of carbonyl (C=O) groups excluding carboxylic acids is 1. The molecule has 0 bridgehead atoms. The Labute approximate surface area is 115 Å². The number of aliphatic hydroxyl groups excluding tert-OH is 1. The smallest absolute Gasteiger partial charge is 0.231 e. The van der Waals surface area contributed by atoms with Gasteiger partial charge in [-0.05, 0) is 18.7 Å². The van der Waals surface area contributed by atoms with Crippen molar-refractivity contribution in [2.24, 2.45) is 0 Å². The summed E-state index contributed by atoms with van der Waals surface area (Å²) in [5.41, 5.74) is 1.07. The van der Waals surface area contributed by atoms with E-state index in [1.54, 1.807) is 25.9 Å². The first kappa shape index (κ1) is 14.6. The van der Waals surface area contributed by atoms with Gasteiger partial charge in [-0.1, -0.05) is 0 Å². The SMILES string of the molecule is CSc1sc(C#N)c(C)c1C(=O)C(O)=CN(C)C. The first-order valence-electron chi connectivity index (χ1n) is 5.11. The minimum atomic E-state index is -0.441. The van der Waals surface area contributed by atoms with Gasteiger partial charge in [-0.3, -0.25) is 4.79 Å². The van der Waals surface area contributed by atoms with Gasteiger partial charge in [-0.2, -0.15) is 5.26 Å². The van der Waals surface area contributed by atoms with E-state index in [1.807, 2.05) is 6.26 Å². The van der Waals surface area contributed by atoms with Gasteiger partial charge in [0.25, 0.3) is 0 Å². The predicted molar refractivity (Wildman–Crippen MR) is 74.3 cm³/mol. The largest absolute Gasteiger partial charge is 0.503 e. The van der Waals surface area contributed by atoms with E-state index in [9.17, 15) is 9.90 Å². The Morgan fingerprint density at radius 1 is 1.56 bits per heavy atom. The van der Waals surface area contributed by atoms with Crippen molar-refractivity contribution in [3.05, 3.63) is 28.0 Å². The number of nitrogens with zero attached hydrogens (tertiary/aromatic N) is 2. The molecule has 1 heterocycles. The van der Waals surface area contributed by atoms with Crippen molar-refractivity contribution in [3.63, 3.8) is 0 Å². The third-order valence-corrected chi connectivity index (χ3v) is 4.56. The molecule has 0 atom stereocenters. The number of ketones is 1. The molecule has 6 heteroatoms. The molecule has 1 aromatic heterocycles. The van der Waals surface area contributed by atoms with Crippen molar-refractivity contribution >= 4 is 28.9 Å². The Morgan fingerprint density at radius 3 is 2.61 bits per heavy atom. The highest BCUT2D eigenvalue weighted by atomic mass is 32.2. The molecule has 0 aliphatic heterocycles. The van der Waals surface area contributed by atoms with Crippen molar-refractivity contribution in [1.82, 2.24) is 4.90 Å². The lowest BCUT2D eigenvalue weighted by Crippen LogP contribution is -2.10. The van der Waals surface area contributed by atoms with Gasteiger partial charge >= 0.3 is 0 Å². The summed E-state index contributed by atoms with van der Waals surface area (Å²) in [5.74, 6) is -0.760. The predicted octanol–water partition coefficient (Wildman–Crippen LogP) is 2.79. The molecule has 0 fully saturated rings. The molecule has 0 unspecified atom stereocenters. The van der Waals surface area contributed by atoms with Gasteiger partial charge in [-0.15, -0.1) is 23.1 Å². The average molecular weight is 282 g/mol. The van der Waals surface area contributed by atoms with Crippen LogP contribution >= 0.6 is 23.1 Å². The van der Waals surface area contributed by atoms with Crippen LogP contribution < -0.4 is 0 Å². The van der Waals surface area contributed by atoms with E-state index in [4.69, 9.17) is 5.26 Å². The van der Waals surface area contributed by atoms with Crippen molar-refractivity contribution in [2.75, 3.05) is 20.4 Å². The number of nitriles is 1. The number of carbonyl (C=O) groups is 1. The zero-order chi connectivity index (χ0) is 13.9. The molecule has 1 N–H and O–H groups in total. The van der Waals surface area contributed by atoms with Crippen molar-refractivity contribution in [1.29, 1.82) is 5.26 Å². The highest BCUT2D eigenvalue weighted by Gasteiger charge is 2.23.